The average Bonchev–Trinajstić information content (AvgIpc) is 3.26. The molecule has 5 nitrogen and oxygen atoms in total. The molecule has 1 amide bonds. The molecule has 2 N–H and O–H groups in total. The summed E-state index contributed by atoms with van der Waals surface area (Å²) in [5.41, 5.74) is 2.55. The van der Waals surface area contributed by atoms with E-state index in [4.69, 9.17) is 5.11 Å². The van der Waals surface area contributed by atoms with E-state index in [1.807, 2.05) is 81.6 Å². The molecule has 0 saturated heterocycles. The quantitative estimate of drug-likeness (QED) is 0.549. The summed E-state index contributed by atoms with van der Waals surface area (Å²) in [6.07, 6.45) is 0. The molecule has 28 heavy (non-hydrogen) atoms. The molecule has 0 fully saturated rings. The van der Waals surface area contributed by atoms with Gasteiger partial charge in [0.2, 0.25) is 0 Å². The van der Waals surface area contributed by atoms with E-state index < -0.39 is 0 Å². The number of nitrogens with one attached hydrogen (secondary N) is 1. The number of thiazole rings is 1. The number of benzene rings is 2. The lowest BCUT2D eigenvalue weighted by Gasteiger charge is -2.00. The summed E-state index contributed by atoms with van der Waals surface area (Å²) in [5.74, 6) is -0.139. The van der Waals surface area contributed by atoms with Crippen molar-refractivity contribution in [3.8, 4) is 11.3 Å². The predicted molar refractivity (Wildman–Crippen MR) is 119 cm³/mol. The lowest BCUT2D eigenvalue weighted by molar-refractivity contribution is 0.0325. The Morgan fingerprint density at radius 2 is 1.50 bits per heavy atom. The second-order valence-electron chi connectivity index (χ2n) is 4.64. The fraction of sp³-hybridized carbons (Fsp3) is 0.273. The molecule has 0 spiro atoms. The molecule has 2 aromatic carbocycles. The van der Waals surface area contributed by atoms with Gasteiger partial charge in [-0.2, -0.15) is 0 Å². The van der Waals surface area contributed by atoms with Gasteiger partial charge in [-0.1, -0.05) is 76.2 Å². The zero-order valence-corrected chi connectivity index (χ0v) is 18.0. The average molecular weight is 403 g/mol. The van der Waals surface area contributed by atoms with Crippen LogP contribution in [0.4, 0.5) is 5.13 Å². The number of aliphatic hydroxyl groups is 1. The third kappa shape index (κ3) is 9.41. The molecule has 3 aromatic rings. The zero-order chi connectivity index (χ0) is 21.2. The number of aromatic nitrogens is 1. The molecule has 0 saturated carbocycles. The molecule has 6 heteroatoms. The number of carbonyl (C=O) groups excluding carboxylic acids is 1. The van der Waals surface area contributed by atoms with E-state index in [0.29, 0.717) is 10.7 Å². The van der Waals surface area contributed by atoms with Crippen molar-refractivity contribution in [2.24, 2.45) is 0 Å². The van der Waals surface area contributed by atoms with Crippen molar-refractivity contribution >= 4 is 22.4 Å². The molecule has 0 atom stereocenters. The molecule has 0 aliphatic heterocycles. The van der Waals surface area contributed by atoms with Crippen LogP contribution in [0.2, 0.25) is 0 Å². The number of hydrogen-bond donors (Lipinski definition) is 2. The molecule has 1 heterocycles. The van der Waals surface area contributed by atoms with E-state index in [1.54, 1.807) is 12.1 Å². The fourth-order valence-corrected chi connectivity index (χ4v) is 2.55. The fourth-order valence-electron chi connectivity index (χ4n) is 1.83. The first-order valence-electron chi connectivity index (χ1n) is 9.21. The summed E-state index contributed by atoms with van der Waals surface area (Å²) in [7, 11) is 1.43. The number of amides is 1. The third-order valence-electron chi connectivity index (χ3n) is 2.96. The first-order valence-corrected chi connectivity index (χ1v) is 10.1. The van der Waals surface area contributed by atoms with Crippen LogP contribution in [0.15, 0.2) is 66.0 Å². The van der Waals surface area contributed by atoms with Crippen LogP contribution in [-0.4, -0.2) is 29.9 Å². The first kappa shape index (κ1) is 25.5. The van der Waals surface area contributed by atoms with Crippen LogP contribution in [0.3, 0.4) is 0 Å². The predicted octanol–water partition coefficient (Wildman–Crippen LogP) is 5.70. The van der Waals surface area contributed by atoms with E-state index in [9.17, 15) is 4.79 Å². The topological polar surface area (TPSA) is 71.5 Å². The standard InChI is InChI=1S/C16H12N2OS.C2H6O2.2C2H6/c19-15(13-9-5-2-6-10-13)18-16-17-14(11-20-16)12-7-3-1-4-8-12;1-4-2-3;2*1-2/h1-11H,(H,17,18,19);3H,2H2,1H3;2*1-2H3. The van der Waals surface area contributed by atoms with Crippen LogP contribution in [0, 0.1) is 0 Å². The second kappa shape index (κ2) is 16.6. The van der Waals surface area contributed by atoms with Crippen LogP contribution in [0.5, 0.6) is 0 Å². The molecule has 0 unspecified atom stereocenters. The Morgan fingerprint density at radius 3 is 2.00 bits per heavy atom. The maximum Gasteiger partial charge on any atom is 0.257 e. The number of nitrogens with zero attached hydrogens (tertiary/aromatic N) is 1. The number of methoxy groups -OCH3 is 1. The Balaban J connectivity index is 0.000000797. The molecule has 0 aliphatic carbocycles. The maximum atomic E-state index is 12.0. The highest BCUT2D eigenvalue weighted by atomic mass is 32.1. The van der Waals surface area contributed by atoms with Gasteiger partial charge in [0.1, 0.15) is 6.79 Å². The molecular weight excluding hydrogens is 372 g/mol. The van der Waals surface area contributed by atoms with Crippen molar-refractivity contribution in [2.45, 2.75) is 27.7 Å². The van der Waals surface area contributed by atoms with E-state index in [2.05, 4.69) is 15.0 Å². The lowest BCUT2D eigenvalue weighted by atomic mass is 10.2. The number of rotatable bonds is 4. The van der Waals surface area contributed by atoms with Crippen molar-refractivity contribution < 1.29 is 14.6 Å². The summed E-state index contributed by atoms with van der Waals surface area (Å²) < 4.78 is 4.10. The Kier molecular flexibility index (Phi) is 15.1. The SMILES string of the molecule is CC.CC.COCO.O=C(Nc1nc(-c2ccccc2)cs1)c1ccccc1. The monoisotopic (exact) mass is 402 g/mol. The van der Waals surface area contributed by atoms with E-state index in [-0.39, 0.29) is 12.7 Å². The minimum atomic E-state index is -0.181. The van der Waals surface area contributed by atoms with Crippen molar-refractivity contribution in [3.05, 3.63) is 71.6 Å². The van der Waals surface area contributed by atoms with Crippen molar-refractivity contribution in [2.75, 3.05) is 19.2 Å². The summed E-state index contributed by atoms with van der Waals surface area (Å²) >= 11 is 1.42. The molecule has 3 rings (SSSR count). The van der Waals surface area contributed by atoms with Crippen LogP contribution < -0.4 is 5.32 Å². The first-order chi connectivity index (χ1) is 13.7. The minimum absolute atomic E-state index is 0.139. The Bertz CT molecular complexity index is 745. The minimum Gasteiger partial charge on any atom is -0.371 e. The zero-order valence-electron chi connectivity index (χ0n) is 17.2. The second-order valence-corrected chi connectivity index (χ2v) is 5.50. The highest BCUT2D eigenvalue weighted by Gasteiger charge is 2.09. The van der Waals surface area contributed by atoms with Gasteiger partial charge < -0.3 is 9.84 Å². The lowest BCUT2D eigenvalue weighted by Crippen LogP contribution is -2.11. The van der Waals surface area contributed by atoms with Crippen molar-refractivity contribution in [3.63, 3.8) is 0 Å². The summed E-state index contributed by atoms with van der Waals surface area (Å²) in [5, 5.41) is 13.0. The van der Waals surface area contributed by atoms with E-state index in [1.165, 1.54) is 18.4 Å². The van der Waals surface area contributed by atoms with E-state index >= 15 is 0 Å². The molecule has 1 aromatic heterocycles. The Labute approximate surface area is 172 Å². The van der Waals surface area contributed by atoms with Gasteiger partial charge in [-0.05, 0) is 12.1 Å². The summed E-state index contributed by atoms with van der Waals surface area (Å²) in [6, 6.07) is 19.0. The number of aliphatic hydroxyl groups excluding tert-OH is 1. The summed E-state index contributed by atoms with van der Waals surface area (Å²) in [4.78, 5) is 16.4. The molecule has 0 aliphatic rings. The highest BCUT2D eigenvalue weighted by Crippen LogP contribution is 2.24. The van der Waals surface area contributed by atoms with Crippen LogP contribution in [0.1, 0.15) is 38.1 Å². The number of ether oxygens (including phenoxy) is 1. The molecule has 0 radical (unpaired) electrons. The molecule has 0 bridgehead atoms. The number of carbonyl (C=O) groups is 1. The number of anilines is 1. The van der Waals surface area contributed by atoms with Crippen molar-refractivity contribution in [1.29, 1.82) is 0 Å². The van der Waals surface area contributed by atoms with Crippen LogP contribution in [-0.2, 0) is 4.74 Å². The molecular formula is C22H30N2O3S. The normalized spacial score (nSPS) is 8.79. The maximum absolute atomic E-state index is 12.0. The van der Waals surface area contributed by atoms with Gasteiger partial charge in [0.25, 0.3) is 5.91 Å². The molecule has 152 valence electrons. The smallest absolute Gasteiger partial charge is 0.257 e. The van der Waals surface area contributed by atoms with Crippen LogP contribution in [0.25, 0.3) is 11.3 Å². The highest BCUT2D eigenvalue weighted by molar-refractivity contribution is 7.14. The summed E-state index contributed by atoms with van der Waals surface area (Å²) in [6.45, 7) is 7.82. The van der Waals surface area contributed by atoms with Gasteiger partial charge in [-0.3, -0.25) is 10.1 Å². The number of hydrogen-bond acceptors (Lipinski definition) is 5. The van der Waals surface area contributed by atoms with Gasteiger partial charge in [-0.25, -0.2) is 4.98 Å². The van der Waals surface area contributed by atoms with Gasteiger partial charge in [0.05, 0.1) is 5.69 Å². The van der Waals surface area contributed by atoms with Crippen molar-refractivity contribution in [1.82, 2.24) is 4.98 Å². The van der Waals surface area contributed by atoms with Gasteiger partial charge in [0.15, 0.2) is 5.13 Å². The van der Waals surface area contributed by atoms with Crippen LogP contribution >= 0.6 is 11.3 Å². The van der Waals surface area contributed by atoms with Gasteiger partial charge in [0, 0.05) is 23.6 Å². The third-order valence-corrected chi connectivity index (χ3v) is 3.72. The Hall–Kier alpha value is -2.54. The van der Waals surface area contributed by atoms with E-state index in [0.717, 1.165) is 11.3 Å². The Morgan fingerprint density at radius 1 is 1.00 bits per heavy atom. The van der Waals surface area contributed by atoms with Gasteiger partial charge in [-0.15, -0.1) is 11.3 Å². The van der Waals surface area contributed by atoms with Gasteiger partial charge >= 0.3 is 0 Å². The largest absolute Gasteiger partial charge is 0.371 e.